The summed E-state index contributed by atoms with van der Waals surface area (Å²) >= 11 is 3.19. The first-order valence-electron chi connectivity index (χ1n) is 4.53. The van der Waals surface area contributed by atoms with Gasteiger partial charge in [0.25, 0.3) is 0 Å². The Hall–Kier alpha value is -0.700. The van der Waals surface area contributed by atoms with Crippen molar-refractivity contribution >= 4 is 21.7 Å². The van der Waals surface area contributed by atoms with Crippen molar-refractivity contribution in [3.8, 4) is 0 Å². The van der Waals surface area contributed by atoms with E-state index in [9.17, 15) is 9.18 Å². The van der Waals surface area contributed by atoms with Gasteiger partial charge in [0, 0.05) is 5.56 Å². The van der Waals surface area contributed by atoms with Crippen LogP contribution < -0.4 is 0 Å². The predicted molar refractivity (Wildman–Crippen MR) is 58.5 cm³/mol. The average molecular weight is 259 g/mol. The molecule has 0 aliphatic rings. The summed E-state index contributed by atoms with van der Waals surface area (Å²) in [5.74, 6) is -0.431. The molecular formula is C11H12BrFO. The zero-order valence-electron chi connectivity index (χ0n) is 8.18. The van der Waals surface area contributed by atoms with Gasteiger partial charge in [0.1, 0.15) is 5.82 Å². The first kappa shape index (κ1) is 11.4. The van der Waals surface area contributed by atoms with E-state index in [0.29, 0.717) is 5.56 Å². The van der Waals surface area contributed by atoms with E-state index in [-0.39, 0.29) is 16.4 Å². The van der Waals surface area contributed by atoms with Crippen LogP contribution in [0.25, 0.3) is 0 Å². The zero-order chi connectivity index (χ0) is 10.7. The Labute approximate surface area is 91.5 Å². The Balaban J connectivity index is 3.17. The maximum absolute atomic E-state index is 12.9. The van der Waals surface area contributed by atoms with Crippen LogP contribution >= 0.6 is 15.9 Å². The van der Waals surface area contributed by atoms with E-state index in [0.717, 1.165) is 12.0 Å². The topological polar surface area (TPSA) is 17.1 Å². The smallest absolute Gasteiger partial charge is 0.176 e. The third kappa shape index (κ3) is 2.41. The lowest BCUT2D eigenvalue weighted by Crippen LogP contribution is -2.12. The third-order valence-electron chi connectivity index (χ3n) is 2.08. The molecule has 0 heterocycles. The van der Waals surface area contributed by atoms with Crippen LogP contribution in [0.3, 0.4) is 0 Å². The molecule has 1 aromatic carbocycles. The molecule has 0 aromatic heterocycles. The van der Waals surface area contributed by atoms with E-state index in [1.807, 2.05) is 6.92 Å². The van der Waals surface area contributed by atoms with Gasteiger partial charge >= 0.3 is 0 Å². The highest BCUT2D eigenvalue weighted by atomic mass is 79.9. The fourth-order valence-corrected chi connectivity index (χ4v) is 1.55. The molecule has 0 bridgehead atoms. The minimum atomic E-state index is -0.362. The van der Waals surface area contributed by atoms with Gasteiger partial charge in [-0.15, -0.1) is 0 Å². The van der Waals surface area contributed by atoms with E-state index in [1.165, 1.54) is 12.1 Å². The molecule has 1 rings (SSSR count). The molecule has 1 unspecified atom stereocenters. The van der Waals surface area contributed by atoms with Gasteiger partial charge in [-0.3, -0.25) is 4.79 Å². The third-order valence-corrected chi connectivity index (χ3v) is 2.50. The van der Waals surface area contributed by atoms with Crippen LogP contribution in [0.2, 0.25) is 0 Å². The van der Waals surface area contributed by atoms with Crippen LogP contribution in [0.5, 0.6) is 0 Å². The Morgan fingerprint density at radius 1 is 1.57 bits per heavy atom. The van der Waals surface area contributed by atoms with Gasteiger partial charge in [-0.05, 0) is 31.0 Å². The molecule has 76 valence electrons. The molecule has 0 amide bonds. The van der Waals surface area contributed by atoms with Gasteiger partial charge in [-0.25, -0.2) is 4.39 Å². The minimum absolute atomic E-state index is 0.0682. The molecule has 1 aromatic rings. The summed E-state index contributed by atoms with van der Waals surface area (Å²) in [6.45, 7) is 3.69. The van der Waals surface area contributed by atoms with Crippen molar-refractivity contribution in [1.29, 1.82) is 0 Å². The van der Waals surface area contributed by atoms with Crippen molar-refractivity contribution in [3.63, 3.8) is 0 Å². The number of benzene rings is 1. The maximum Gasteiger partial charge on any atom is 0.176 e. The summed E-state index contributed by atoms with van der Waals surface area (Å²) < 4.78 is 12.9. The molecule has 0 N–H and O–H groups in total. The van der Waals surface area contributed by atoms with Crippen LogP contribution in [0.4, 0.5) is 4.39 Å². The van der Waals surface area contributed by atoms with E-state index < -0.39 is 0 Å². The second-order valence-electron chi connectivity index (χ2n) is 3.14. The lowest BCUT2D eigenvalue weighted by molar-refractivity contribution is 0.0994. The lowest BCUT2D eigenvalue weighted by Gasteiger charge is -2.08. The maximum atomic E-state index is 12.9. The summed E-state index contributed by atoms with van der Waals surface area (Å²) in [4.78, 5) is 11.4. The highest BCUT2D eigenvalue weighted by molar-refractivity contribution is 9.10. The summed E-state index contributed by atoms with van der Waals surface area (Å²) in [6.07, 6.45) is 0.737. The van der Waals surface area contributed by atoms with Crippen molar-refractivity contribution in [1.82, 2.24) is 0 Å². The van der Waals surface area contributed by atoms with Crippen molar-refractivity contribution in [2.45, 2.75) is 25.1 Å². The number of alkyl halides is 1. The number of halogens is 2. The predicted octanol–water partition coefficient (Wildman–Crippen LogP) is 3.35. The quantitative estimate of drug-likeness (QED) is 0.601. The molecule has 1 nitrogen and oxygen atoms in total. The highest BCUT2D eigenvalue weighted by Crippen LogP contribution is 2.16. The van der Waals surface area contributed by atoms with E-state index in [2.05, 4.69) is 15.9 Å². The highest BCUT2D eigenvalue weighted by Gasteiger charge is 2.15. The fraction of sp³-hybridized carbons (Fsp3) is 0.364. The zero-order valence-corrected chi connectivity index (χ0v) is 9.77. The van der Waals surface area contributed by atoms with Gasteiger partial charge in [-0.2, -0.15) is 0 Å². The van der Waals surface area contributed by atoms with Gasteiger partial charge in [0.2, 0.25) is 0 Å². The molecule has 0 fully saturated rings. The number of hydrogen-bond acceptors (Lipinski definition) is 1. The van der Waals surface area contributed by atoms with Crippen molar-refractivity contribution in [2.24, 2.45) is 0 Å². The second kappa shape index (κ2) is 4.69. The minimum Gasteiger partial charge on any atom is -0.293 e. The largest absolute Gasteiger partial charge is 0.293 e. The van der Waals surface area contributed by atoms with Gasteiger partial charge in [0.05, 0.1) is 4.83 Å². The Bertz CT molecular complexity index is 347. The monoisotopic (exact) mass is 258 g/mol. The van der Waals surface area contributed by atoms with Crippen LogP contribution in [0.1, 0.15) is 29.8 Å². The number of carbonyl (C=O) groups excluding carboxylic acids is 1. The first-order valence-corrected chi connectivity index (χ1v) is 5.44. The summed E-state index contributed by atoms with van der Waals surface area (Å²) in [5, 5.41) is 0. The van der Waals surface area contributed by atoms with E-state index in [1.54, 1.807) is 13.0 Å². The molecule has 1 atom stereocenters. The number of rotatable bonds is 3. The Morgan fingerprint density at radius 3 is 2.71 bits per heavy atom. The standard InChI is InChI=1S/C11H12BrFO/c1-3-8-4-5-9(13)6-10(8)11(14)7(2)12/h4-7H,3H2,1-2H3. The molecule has 0 spiro atoms. The molecule has 0 saturated carbocycles. The van der Waals surface area contributed by atoms with Gasteiger partial charge in [0.15, 0.2) is 5.78 Å². The average Bonchev–Trinajstić information content (AvgIpc) is 2.16. The van der Waals surface area contributed by atoms with Crippen LogP contribution in [0.15, 0.2) is 18.2 Å². The number of ketones is 1. The molecule has 3 heteroatoms. The van der Waals surface area contributed by atoms with E-state index >= 15 is 0 Å². The Kier molecular flexibility index (Phi) is 3.81. The molecule has 0 saturated heterocycles. The fourth-order valence-electron chi connectivity index (χ4n) is 1.30. The lowest BCUT2D eigenvalue weighted by atomic mass is 10.00. The normalized spacial score (nSPS) is 12.6. The van der Waals surface area contributed by atoms with Crippen LogP contribution in [-0.2, 0) is 6.42 Å². The van der Waals surface area contributed by atoms with Gasteiger partial charge in [-0.1, -0.05) is 28.9 Å². The SMILES string of the molecule is CCc1ccc(F)cc1C(=O)C(C)Br. The van der Waals surface area contributed by atoms with Crippen molar-refractivity contribution < 1.29 is 9.18 Å². The van der Waals surface area contributed by atoms with Crippen LogP contribution in [0, 0.1) is 5.82 Å². The summed E-state index contributed by atoms with van der Waals surface area (Å²) in [6, 6.07) is 4.35. The molecule has 0 aliphatic heterocycles. The summed E-state index contributed by atoms with van der Waals surface area (Å²) in [7, 11) is 0. The molecule has 14 heavy (non-hydrogen) atoms. The van der Waals surface area contributed by atoms with Crippen molar-refractivity contribution in [2.75, 3.05) is 0 Å². The number of carbonyl (C=O) groups is 1. The second-order valence-corrected chi connectivity index (χ2v) is 4.51. The van der Waals surface area contributed by atoms with Gasteiger partial charge < -0.3 is 0 Å². The van der Waals surface area contributed by atoms with E-state index in [4.69, 9.17) is 0 Å². The number of hydrogen-bond donors (Lipinski definition) is 0. The van der Waals surface area contributed by atoms with Crippen LogP contribution in [-0.4, -0.2) is 10.6 Å². The molecule has 0 radical (unpaired) electrons. The summed E-state index contributed by atoms with van der Waals surface area (Å²) in [5.41, 5.74) is 1.37. The molecular weight excluding hydrogens is 247 g/mol. The number of Topliss-reactive ketones (excluding diaryl/α,β-unsaturated/α-hetero) is 1. The van der Waals surface area contributed by atoms with Crippen molar-refractivity contribution in [3.05, 3.63) is 35.1 Å². The Morgan fingerprint density at radius 2 is 2.21 bits per heavy atom. The first-order chi connectivity index (χ1) is 6.56. The number of aryl methyl sites for hydroxylation is 1. The molecule has 0 aliphatic carbocycles.